The number of benzene rings is 1. The van der Waals surface area contributed by atoms with Crippen LogP contribution in [-0.2, 0) is 14.3 Å². The van der Waals surface area contributed by atoms with Crippen molar-refractivity contribution in [3.63, 3.8) is 0 Å². The molecular weight excluding hydrogens is 300 g/mol. The predicted octanol–water partition coefficient (Wildman–Crippen LogP) is 2.02. The van der Waals surface area contributed by atoms with Crippen LogP contribution in [0.15, 0.2) is 35.6 Å². The van der Waals surface area contributed by atoms with Crippen LogP contribution in [0.3, 0.4) is 0 Å². The summed E-state index contributed by atoms with van der Waals surface area (Å²) in [5, 5.41) is 20.5. The Balaban J connectivity index is 2.43. The number of methoxy groups -OCH3 is 1. The first-order chi connectivity index (χ1) is 11.1. The van der Waals surface area contributed by atoms with Crippen LogP contribution in [0.2, 0.25) is 0 Å². The molecule has 0 bridgehead atoms. The van der Waals surface area contributed by atoms with Crippen molar-refractivity contribution in [2.24, 2.45) is 0 Å². The first-order valence-corrected chi connectivity index (χ1v) is 6.99. The molecule has 0 saturated carbocycles. The van der Waals surface area contributed by atoms with Gasteiger partial charge in [0.25, 0.3) is 5.91 Å². The van der Waals surface area contributed by atoms with Crippen LogP contribution >= 0.6 is 0 Å². The van der Waals surface area contributed by atoms with Crippen molar-refractivity contribution in [3.8, 4) is 11.8 Å². The number of carbonyl (C=O) groups is 1. The van der Waals surface area contributed by atoms with Crippen LogP contribution in [0.1, 0.15) is 6.92 Å². The van der Waals surface area contributed by atoms with Crippen molar-refractivity contribution in [3.05, 3.63) is 35.6 Å². The number of allylic oxidation sites excluding steroid dienone is 1. The van der Waals surface area contributed by atoms with Crippen molar-refractivity contribution in [1.82, 2.24) is 0 Å². The van der Waals surface area contributed by atoms with Gasteiger partial charge < -0.3 is 24.6 Å². The second kappa shape index (κ2) is 10.2. The molecule has 0 unspecified atom stereocenters. The molecule has 0 aromatic heterocycles. The topological polar surface area (TPSA) is 101 Å². The second-order valence-electron chi connectivity index (χ2n) is 4.50. The Morgan fingerprint density at radius 2 is 1.87 bits per heavy atom. The number of anilines is 1. The molecule has 2 N–H and O–H groups in total. The van der Waals surface area contributed by atoms with Gasteiger partial charge in [-0.15, -0.1) is 0 Å². The summed E-state index contributed by atoms with van der Waals surface area (Å²) in [5.41, 5.74) is 0.172. The van der Waals surface area contributed by atoms with E-state index >= 15 is 0 Å². The number of hydrogen-bond acceptors (Lipinski definition) is 6. The average Bonchev–Trinajstić information content (AvgIpc) is 2.52. The Morgan fingerprint density at radius 3 is 2.43 bits per heavy atom. The van der Waals surface area contributed by atoms with Crippen molar-refractivity contribution < 1.29 is 24.1 Å². The largest absolute Gasteiger partial charge is 0.511 e. The molecule has 1 aromatic rings. The SMILES string of the molecule is COCCOCCOc1ccc(NC(=O)C(C#N)=C(C)O)cc1. The molecule has 1 rings (SSSR count). The van der Waals surface area contributed by atoms with E-state index < -0.39 is 5.91 Å². The summed E-state index contributed by atoms with van der Waals surface area (Å²) in [7, 11) is 1.61. The van der Waals surface area contributed by atoms with Gasteiger partial charge >= 0.3 is 0 Å². The van der Waals surface area contributed by atoms with Gasteiger partial charge in [-0.2, -0.15) is 5.26 Å². The standard InChI is InChI=1S/C16H20N2O5/c1-12(19)15(11-17)16(20)18-13-3-5-14(6-4-13)23-10-9-22-8-7-21-2/h3-6,19H,7-10H2,1-2H3,(H,18,20). The maximum atomic E-state index is 11.8. The van der Waals surface area contributed by atoms with Gasteiger partial charge in [0, 0.05) is 12.8 Å². The third-order valence-electron chi connectivity index (χ3n) is 2.74. The highest BCUT2D eigenvalue weighted by atomic mass is 16.5. The van der Waals surface area contributed by atoms with E-state index in [1.165, 1.54) is 6.92 Å². The molecule has 7 nitrogen and oxygen atoms in total. The molecule has 0 aliphatic carbocycles. The zero-order valence-corrected chi connectivity index (χ0v) is 13.2. The van der Waals surface area contributed by atoms with Gasteiger partial charge in [-0.3, -0.25) is 4.79 Å². The number of nitriles is 1. The second-order valence-corrected chi connectivity index (χ2v) is 4.50. The fourth-order valence-corrected chi connectivity index (χ4v) is 1.59. The van der Waals surface area contributed by atoms with E-state index in [-0.39, 0.29) is 11.3 Å². The summed E-state index contributed by atoms with van der Waals surface area (Å²) < 4.78 is 15.6. The van der Waals surface area contributed by atoms with Gasteiger partial charge in [0.15, 0.2) is 5.57 Å². The maximum Gasteiger partial charge on any atom is 0.269 e. The van der Waals surface area contributed by atoms with Crippen LogP contribution in [-0.4, -0.2) is 44.6 Å². The van der Waals surface area contributed by atoms with E-state index in [0.717, 1.165) is 0 Å². The molecule has 0 aliphatic heterocycles. The van der Waals surface area contributed by atoms with Crippen LogP contribution in [0, 0.1) is 11.3 Å². The van der Waals surface area contributed by atoms with Gasteiger partial charge in [0.1, 0.15) is 24.2 Å². The highest BCUT2D eigenvalue weighted by Crippen LogP contribution is 2.16. The summed E-state index contributed by atoms with van der Waals surface area (Å²) in [6.07, 6.45) is 0. The van der Waals surface area contributed by atoms with Crippen molar-refractivity contribution in [1.29, 1.82) is 5.26 Å². The quantitative estimate of drug-likeness (QED) is 0.312. The average molecular weight is 320 g/mol. The normalized spacial score (nSPS) is 11.3. The lowest BCUT2D eigenvalue weighted by molar-refractivity contribution is -0.112. The fourth-order valence-electron chi connectivity index (χ4n) is 1.59. The number of ether oxygens (including phenoxy) is 3. The Labute approximate surface area is 135 Å². The maximum absolute atomic E-state index is 11.8. The summed E-state index contributed by atoms with van der Waals surface area (Å²) >= 11 is 0. The zero-order valence-electron chi connectivity index (χ0n) is 13.2. The molecule has 0 atom stereocenters. The number of amides is 1. The smallest absolute Gasteiger partial charge is 0.269 e. The number of nitrogens with zero attached hydrogens (tertiary/aromatic N) is 1. The van der Waals surface area contributed by atoms with E-state index in [1.54, 1.807) is 37.4 Å². The molecule has 7 heteroatoms. The van der Waals surface area contributed by atoms with E-state index in [9.17, 15) is 9.90 Å². The van der Waals surface area contributed by atoms with Crippen molar-refractivity contribution in [2.45, 2.75) is 6.92 Å². The number of aliphatic hydroxyl groups is 1. The molecule has 0 spiro atoms. The molecule has 0 radical (unpaired) electrons. The molecule has 124 valence electrons. The van der Waals surface area contributed by atoms with Gasteiger partial charge in [-0.1, -0.05) is 0 Å². The van der Waals surface area contributed by atoms with Gasteiger partial charge in [0.2, 0.25) is 0 Å². The van der Waals surface area contributed by atoms with Crippen LogP contribution in [0.25, 0.3) is 0 Å². The highest BCUT2D eigenvalue weighted by molar-refractivity contribution is 6.06. The van der Waals surface area contributed by atoms with E-state index in [0.29, 0.717) is 37.9 Å². The van der Waals surface area contributed by atoms with Gasteiger partial charge in [0.05, 0.1) is 19.8 Å². The molecule has 0 saturated heterocycles. The van der Waals surface area contributed by atoms with Gasteiger partial charge in [-0.05, 0) is 31.2 Å². The van der Waals surface area contributed by atoms with Crippen molar-refractivity contribution in [2.75, 3.05) is 38.9 Å². The first-order valence-electron chi connectivity index (χ1n) is 6.99. The first kappa shape index (κ1) is 18.5. The summed E-state index contributed by atoms with van der Waals surface area (Å²) in [6, 6.07) is 8.30. The Kier molecular flexibility index (Phi) is 8.21. The fraction of sp³-hybridized carbons (Fsp3) is 0.375. The number of aliphatic hydroxyl groups excluding tert-OH is 1. The molecule has 0 aliphatic rings. The molecule has 1 aromatic carbocycles. The van der Waals surface area contributed by atoms with Crippen molar-refractivity contribution >= 4 is 11.6 Å². The molecular formula is C16H20N2O5. The van der Waals surface area contributed by atoms with E-state index in [4.69, 9.17) is 19.5 Å². The minimum absolute atomic E-state index is 0.321. The number of nitrogens with one attached hydrogen (secondary N) is 1. The third-order valence-corrected chi connectivity index (χ3v) is 2.74. The Morgan fingerprint density at radius 1 is 1.22 bits per heavy atom. The molecule has 0 heterocycles. The lowest BCUT2D eigenvalue weighted by Crippen LogP contribution is -2.15. The third kappa shape index (κ3) is 6.82. The van der Waals surface area contributed by atoms with Crippen LogP contribution < -0.4 is 10.1 Å². The van der Waals surface area contributed by atoms with Crippen LogP contribution in [0.4, 0.5) is 5.69 Å². The summed E-state index contributed by atoms with van der Waals surface area (Å²) in [4.78, 5) is 11.8. The zero-order chi connectivity index (χ0) is 17.1. The number of carbonyl (C=O) groups excluding carboxylic acids is 1. The highest BCUT2D eigenvalue weighted by Gasteiger charge is 2.12. The van der Waals surface area contributed by atoms with Gasteiger partial charge in [-0.25, -0.2) is 0 Å². The Hall–Kier alpha value is -2.56. The molecule has 0 fully saturated rings. The summed E-state index contributed by atoms with van der Waals surface area (Å²) in [6.45, 7) is 3.20. The predicted molar refractivity (Wildman–Crippen MR) is 84.2 cm³/mol. The van der Waals surface area contributed by atoms with E-state index in [2.05, 4.69) is 5.32 Å². The van der Waals surface area contributed by atoms with E-state index in [1.807, 2.05) is 0 Å². The minimum Gasteiger partial charge on any atom is -0.511 e. The summed E-state index contributed by atoms with van der Waals surface area (Å²) in [5.74, 6) is -0.348. The number of rotatable bonds is 9. The minimum atomic E-state index is -0.660. The molecule has 1 amide bonds. The monoisotopic (exact) mass is 320 g/mol. The van der Waals surface area contributed by atoms with Crippen LogP contribution in [0.5, 0.6) is 5.75 Å². The Bertz CT molecular complexity index is 571. The lowest BCUT2D eigenvalue weighted by atomic mass is 10.2. The molecule has 23 heavy (non-hydrogen) atoms. The lowest BCUT2D eigenvalue weighted by Gasteiger charge is -2.08. The number of hydrogen-bond donors (Lipinski definition) is 2.